The van der Waals surface area contributed by atoms with Gasteiger partial charge in [-0.3, -0.25) is 19.3 Å². The van der Waals surface area contributed by atoms with Crippen LogP contribution in [-0.4, -0.2) is 26.6 Å². The molecule has 3 N–H and O–H groups in total. The van der Waals surface area contributed by atoms with E-state index in [4.69, 9.17) is 5.73 Å². The molecule has 234 valence electrons. The van der Waals surface area contributed by atoms with Gasteiger partial charge < -0.3 is 11.1 Å². The van der Waals surface area contributed by atoms with Gasteiger partial charge in [0.1, 0.15) is 24.0 Å². The number of carbonyl (C=O) groups excluding carboxylic acids is 2. The van der Waals surface area contributed by atoms with Gasteiger partial charge in [0.05, 0.1) is 17.3 Å². The third-order valence-electron chi connectivity index (χ3n) is 7.38. The maximum atomic E-state index is 14.2. The minimum absolute atomic E-state index is 0.0876. The molecule has 0 bridgehead atoms. The molecule has 2 aromatic carbocycles. The predicted molar refractivity (Wildman–Crippen MR) is 153 cm³/mol. The van der Waals surface area contributed by atoms with E-state index in [1.54, 1.807) is 18.2 Å². The van der Waals surface area contributed by atoms with Crippen molar-refractivity contribution in [3.8, 4) is 11.1 Å². The number of primary amides is 1. The Morgan fingerprint density at radius 1 is 1.00 bits per heavy atom. The number of amides is 2. The molecule has 0 aliphatic heterocycles. The van der Waals surface area contributed by atoms with Crippen LogP contribution in [0.1, 0.15) is 64.6 Å². The molecule has 2 heterocycles. The maximum Gasteiger partial charge on any atom is 0.435 e. The fourth-order valence-corrected chi connectivity index (χ4v) is 5.42. The average molecular weight is 628 g/mol. The highest BCUT2D eigenvalue weighted by molar-refractivity contribution is 5.94. The average Bonchev–Trinajstić information content (AvgIpc) is 3.41. The Hall–Kier alpha value is -4.94. The van der Waals surface area contributed by atoms with E-state index in [0.29, 0.717) is 35.6 Å². The zero-order chi connectivity index (χ0) is 32.3. The molecule has 1 aliphatic carbocycles. The van der Waals surface area contributed by atoms with Crippen LogP contribution < -0.4 is 11.1 Å². The topological polar surface area (TPSA) is 103 Å². The number of pyridine rings is 1. The maximum absolute atomic E-state index is 14.2. The Morgan fingerprint density at radius 3 is 2.42 bits per heavy atom. The molecule has 0 radical (unpaired) electrons. The summed E-state index contributed by atoms with van der Waals surface area (Å²) in [7, 11) is 0. The molecule has 7 nitrogen and oxygen atoms in total. The van der Waals surface area contributed by atoms with E-state index in [9.17, 15) is 35.9 Å². The number of hydrogen-bond acceptors (Lipinski definition) is 4. The largest absolute Gasteiger partial charge is 0.435 e. The molecule has 2 amide bonds. The first kappa shape index (κ1) is 31.5. The summed E-state index contributed by atoms with van der Waals surface area (Å²) < 4.78 is 85.0. The predicted octanol–water partition coefficient (Wildman–Crippen LogP) is 6.54. The van der Waals surface area contributed by atoms with E-state index < -0.39 is 59.3 Å². The van der Waals surface area contributed by atoms with E-state index in [0.717, 1.165) is 35.7 Å². The van der Waals surface area contributed by atoms with Crippen molar-refractivity contribution in [3.63, 3.8) is 0 Å². The van der Waals surface area contributed by atoms with E-state index >= 15 is 0 Å². The molecule has 0 saturated carbocycles. The van der Waals surface area contributed by atoms with Crippen LogP contribution in [0.4, 0.5) is 26.3 Å². The van der Waals surface area contributed by atoms with Crippen LogP contribution in [0.25, 0.3) is 16.7 Å². The van der Waals surface area contributed by atoms with Crippen LogP contribution >= 0.6 is 0 Å². The van der Waals surface area contributed by atoms with Gasteiger partial charge in [0.25, 0.3) is 5.91 Å². The second-order valence-corrected chi connectivity index (χ2v) is 10.7. The molecule has 13 heteroatoms. The van der Waals surface area contributed by atoms with Crippen LogP contribution in [0, 0.1) is 17.5 Å². The van der Waals surface area contributed by atoms with Crippen LogP contribution in [0.2, 0.25) is 0 Å². The van der Waals surface area contributed by atoms with Crippen LogP contribution in [0.3, 0.4) is 0 Å². The Morgan fingerprint density at radius 2 is 1.76 bits per heavy atom. The van der Waals surface area contributed by atoms with Gasteiger partial charge in [-0.1, -0.05) is 18.2 Å². The highest BCUT2D eigenvalue weighted by Crippen LogP contribution is 2.37. The van der Waals surface area contributed by atoms with Gasteiger partial charge >= 0.3 is 6.18 Å². The lowest BCUT2D eigenvalue weighted by atomic mass is 9.94. The monoisotopic (exact) mass is 627 g/mol. The second-order valence-electron chi connectivity index (χ2n) is 10.7. The number of rotatable bonds is 9. The quantitative estimate of drug-likeness (QED) is 0.206. The van der Waals surface area contributed by atoms with Crippen molar-refractivity contribution in [1.82, 2.24) is 20.1 Å². The van der Waals surface area contributed by atoms with Crippen LogP contribution in [0.5, 0.6) is 0 Å². The lowest BCUT2D eigenvalue weighted by Crippen LogP contribution is -2.34. The van der Waals surface area contributed by atoms with Crippen molar-refractivity contribution in [3.05, 3.63) is 113 Å². The summed E-state index contributed by atoms with van der Waals surface area (Å²) in [5, 5.41) is 6.39. The summed E-state index contributed by atoms with van der Waals surface area (Å²) in [6.45, 7) is -0.602. The van der Waals surface area contributed by atoms with Crippen molar-refractivity contribution in [1.29, 1.82) is 0 Å². The minimum Gasteiger partial charge on any atom is -0.366 e. The Kier molecular flexibility index (Phi) is 9.07. The Bertz CT molecular complexity index is 1760. The van der Waals surface area contributed by atoms with E-state index in [1.165, 1.54) is 24.5 Å². The molecule has 4 aromatic rings. The first-order valence-electron chi connectivity index (χ1n) is 14.0. The van der Waals surface area contributed by atoms with Gasteiger partial charge in [0.15, 0.2) is 5.69 Å². The van der Waals surface area contributed by atoms with Gasteiger partial charge in [-0.25, -0.2) is 13.2 Å². The van der Waals surface area contributed by atoms with Gasteiger partial charge in [0.2, 0.25) is 5.91 Å². The molecule has 45 heavy (non-hydrogen) atoms. The number of aromatic nitrogens is 3. The lowest BCUT2D eigenvalue weighted by molar-refractivity contribution is -0.142. The molecule has 1 atom stereocenters. The molecular weight excluding hydrogens is 600 g/mol. The Balaban J connectivity index is 1.50. The highest BCUT2D eigenvalue weighted by atomic mass is 19.4. The Labute approximate surface area is 253 Å². The minimum atomic E-state index is -4.75. The van der Waals surface area contributed by atoms with Gasteiger partial charge in [-0.15, -0.1) is 0 Å². The number of nitrogens with zero attached hydrogens (tertiary/aromatic N) is 3. The first-order valence-corrected chi connectivity index (χ1v) is 14.0. The molecular formula is C32H27F6N5O2. The number of alkyl halides is 3. The number of hydrogen-bond donors (Lipinski definition) is 2. The number of benzene rings is 2. The number of halogens is 6. The number of nitrogens with one attached hydrogen (secondary N) is 1. The molecule has 0 saturated heterocycles. The number of carbonyl (C=O) groups is 2. The van der Waals surface area contributed by atoms with Crippen LogP contribution in [-0.2, 0) is 23.9 Å². The van der Waals surface area contributed by atoms with E-state index in [1.807, 2.05) is 0 Å². The van der Waals surface area contributed by atoms with Crippen molar-refractivity contribution in [2.75, 3.05) is 0 Å². The fourth-order valence-electron chi connectivity index (χ4n) is 5.42. The van der Waals surface area contributed by atoms with Gasteiger partial charge in [-0.2, -0.15) is 18.3 Å². The third kappa shape index (κ3) is 7.41. The van der Waals surface area contributed by atoms with Crippen LogP contribution in [0.15, 0.2) is 67.0 Å². The van der Waals surface area contributed by atoms with Gasteiger partial charge in [0, 0.05) is 29.6 Å². The van der Waals surface area contributed by atoms with Crippen molar-refractivity contribution in [2.24, 2.45) is 5.73 Å². The zero-order valence-electron chi connectivity index (χ0n) is 23.7. The smallest absolute Gasteiger partial charge is 0.366 e. The van der Waals surface area contributed by atoms with Crippen molar-refractivity contribution in [2.45, 2.75) is 50.9 Å². The summed E-state index contributed by atoms with van der Waals surface area (Å²) in [6.07, 6.45) is 2.10. The molecule has 0 unspecified atom stereocenters. The number of allylic oxidation sites excluding steroid dienone is 2. The summed E-state index contributed by atoms with van der Waals surface area (Å²) in [6, 6.07) is 8.50. The SMILES string of the molecule is NC(=O)c1cc(-c2cccnc2[C@H](Cc2cc(F)cc(F)c2)NC(=O)Cn2cc(C3=CCCCC3)c(C(F)(F)F)n2)ccc1F. The third-order valence-corrected chi connectivity index (χ3v) is 7.38. The van der Waals surface area contributed by atoms with E-state index in [-0.39, 0.29) is 23.2 Å². The summed E-state index contributed by atoms with van der Waals surface area (Å²) >= 11 is 0. The van der Waals surface area contributed by atoms with E-state index in [2.05, 4.69) is 15.4 Å². The molecule has 5 rings (SSSR count). The van der Waals surface area contributed by atoms with Crippen molar-refractivity contribution < 1.29 is 35.9 Å². The molecule has 2 aromatic heterocycles. The van der Waals surface area contributed by atoms with Crippen molar-refractivity contribution >= 4 is 17.4 Å². The second kappa shape index (κ2) is 13.0. The standard InChI is InChI=1S/C32H27F6N5O2/c33-21-11-18(12-22(34)15-21)13-27(29-23(7-4-10-40-29)20-8-9-26(35)24(14-20)31(39)45)41-28(44)17-43-16-25(19-5-2-1-3-6-19)30(42-43)32(36,37)38/h4-5,7-12,14-16,27H,1-3,6,13,17H2,(H2,39,45)(H,41,44)/t27-/m0/s1. The molecule has 0 fully saturated rings. The fraction of sp³-hybridized carbons (Fsp3) is 0.250. The zero-order valence-corrected chi connectivity index (χ0v) is 23.7. The molecule has 0 spiro atoms. The lowest BCUT2D eigenvalue weighted by Gasteiger charge is -2.22. The normalized spacial score (nSPS) is 14.1. The highest BCUT2D eigenvalue weighted by Gasteiger charge is 2.38. The number of nitrogens with two attached hydrogens (primary N) is 1. The molecule has 1 aliphatic rings. The first-order chi connectivity index (χ1) is 21.4. The van der Waals surface area contributed by atoms with Gasteiger partial charge in [-0.05, 0) is 79.1 Å². The summed E-state index contributed by atoms with van der Waals surface area (Å²) in [5.41, 5.74) is 5.23. The summed E-state index contributed by atoms with van der Waals surface area (Å²) in [5.74, 6) is -4.34. The summed E-state index contributed by atoms with van der Waals surface area (Å²) in [4.78, 5) is 29.5.